The summed E-state index contributed by atoms with van der Waals surface area (Å²) in [4.78, 5) is 14.8. The van der Waals surface area contributed by atoms with Crippen molar-refractivity contribution in [2.75, 3.05) is 5.75 Å². The van der Waals surface area contributed by atoms with Gasteiger partial charge < -0.3 is 9.67 Å². The Kier molecular flexibility index (Phi) is 4.44. The lowest BCUT2D eigenvalue weighted by atomic mass is 10.3. The van der Waals surface area contributed by atoms with Gasteiger partial charge in [-0.3, -0.25) is 4.79 Å². The van der Waals surface area contributed by atoms with Crippen LogP contribution in [0.2, 0.25) is 0 Å². The van der Waals surface area contributed by atoms with Gasteiger partial charge in [-0.05, 0) is 12.1 Å². The first-order chi connectivity index (χ1) is 9.40. The van der Waals surface area contributed by atoms with Crippen LogP contribution in [0.5, 0.6) is 0 Å². The molecular weight excluding hydrogens is 354 g/mol. The van der Waals surface area contributed by atoms with Gasteiger partial charge in [0.25, 0.3) is 0 Å². The summed E-state index contributed by atoms with van der Waals surface area (Å²) >= 11 is 4.09. The molecule has 0 bridgehead atoms. The minimum atomic E-state index is -1.02. The van der Waals surface area contributed by atoms with Gasteiger partial charge in [0.15, 0.2) is 16.8 Å². The van der Waals surface area contributed by atoms with Crippen LogP contribution in [0.3, 0.4) is 0 Å². The Hall–Kier alpha value is -1.41. The molecule has 2 rings (SSSR count). The van der Waals surface area contributed by atoms with Crippen molar-refractivity contribution in [3.63, 3.8) is 0 Å². The maximum atomic E-state index is 13.9. The standard InChI is InChI=1S/C12H9BrF2N2O2S/c1-6(13)4-17-11-8(3-2-7(14)10(11)15)16-12(17)20-5-9(18)19/h2-3H,1,4-5H2,(H,18,19). The summed E-state index contributed by atoms with van der Waals surface area (Å²) in [6.07, 6.45) is 0. The SMILES string of the molecule is C=C(Br)Cn1c(SCC(=O)O)nc2ccc(F)c(F)c21. The van der Waals surface area contributed by atoms with Crippen LogP contribution in [0, 0.1) is 11.6 Å². The third-order valence-corrected chi connectivity index (χ3v) is 3.63. The molecule has 20 heavy (non-hydrogen) atoms. The van der Waals surface area contributed by atoms with E-state index in [4.69, 9.17) is 5.11 Å². The number of hydrogen-bond acceptors (Lipinski definition) is 3. The van der Waals surface area contributed by atoms with Gasteiger partial charge in [0.1, 0.15) is 5.52 Å². The number of allylic oxidation sites excluding steroid dienone is 1. The Morgan fingerprint density at radius 2 is 2.20 bits per heavy atom. The number of aliphatic carboxylic acids is 1. The fourth-order valence-corrected chi connectivity index (χ4v) is 2.67. The van der Waals surface area contributed by atoms with Crippen LogP contribution in [-0.4, -0.2) is 26.4 Å². The topological polar surface area (TPSA) is 55.1 Å². The average molecular weight is 363 g/mol. The number of nitrogens with zero attached hydrogens (tertiary/aromatic N) is 2. The molecule has 0 amide bonds. The van der Waals surface area contributed by atoms with E-state index in [1.807, 2.05) is 0 Å². The minimum Gasteiger partial charge on any atom is -0.481 e. The molecule has 0 atom stereocenters. The second kappa shape index (κ2) is 5.92. The molecular formula is C12H9BrF2N2O2S. The summed E-state index contributed by atoms with van der Waals surface area (Å²) < 4.78 is 29.2. The number of halogens is 3. The fourth-order valence-electron chi connectivity index (χ4n) is 1.69. The van der Waals surface area contributed by atoms with Crippen molar-refractivity contribution in [3.8, 4) is 0 Å². The van der Waals surface area contributed by atoms with Gasteiger partial charge in [-0.1, -0.05) is 34.3 Å². The summed E-state index contributed by atoms with van der Waals surface area (Å²) in [6, 6.07) is 2.34. The molecule has 0 aliphatic rings. The molecule has 1 N–H and O–H groups in total. The minimum absolute atomic E-state index is 0.00140. The first-order valence-electron chi connectivity index (χ1n) is 5.42. The van der Waals surface area contributed by atoms with Crippen LogP contribution in [0.25, 0.3) is 11.0 Å². The number of fused-ring (bicyclic) bond motifs is 1. The Morgan fingerprint density at radius 1 is 1.50 bits per heavy atom. The number of benzene rings is 1. The second-order valence-corrected chi connectivity index (χ2v) is 5.97. The van der Waals surface area contributed by atoms with E-state index in [0.717, 1.165) is 17.8 Å². The highest BCUT2D eigenvalue weighted by atomic mass is 79.9. The first kappa shape index (κ1) is 15.0. The second-order valence-electron chi connectivity index (χ2n) is 3.91. The molecule has 0 unspecified atom stereocenters. The Bertz CT molecular complexity index is 702. The van der Waals surface area contributed by atoms with E-state index < -0.39 is 17.6 Å². The van der Waals surface area contributed by atoms with Gasteiger partial charge in [0.05, 0.1) is 17.8 Å². The first-order valence-corrected chi connectivity index (χ1v) is 7.20. The molecule has 0 radical (unpaired) electrons. The predicted octanol–water partition coefficient (Wildman–Crippen LogP) is 3.40. The molecule has 2 aromatic rings. The lowest BCUT2D eigenvalue weighted by Crippen LogP contribution is -2.04. The largest absolute Gasteiger partial charge is 0.481 e. The Balaban J connectivity index is 2.58. The molecule has 0 aliphatic carbocycles. The lowest BCUT2D eigenvalue weighted by molar-refractivity contribution is -0.133. The quantitative estimate of drug-likeness (QED) is 0.828. The lowest BCUT2D eigenvalue weighted by Gasteiger charge is -2.07. The van der Waals surface area contributed by atoms with E-state index in [2.05, 4.69) is 27.5 Å². The Labute approximate surface area is 125 Å². The van der Waals surface area contributed by atoms with Gasteiger partial charge in [-0.25, -0.2) is 13.8 Å². The molecule has 106 valence electrons. The Morgan fingerprint density at radius 3 is 2.80 bits per heavy atom. The van der Waals surface area contributed by atoms with Crippen molar-refractivity contribution in [2.24, 2.45) is 0 Å². The van der Waals surface area contributed by atoms with Crippen LogP contribution in [0.4, 0.5) is 8.78 Å². The van der Waals surface area contributed by atoms with Gasteiger partial charge in [-0.2, -0.15) is 0 Å². The zero-order chi connectivity index (χ0) is 14.9. The highest BCUT2D eigenvalue weighted by molar-refractivity contribution is 9.11. The normalized spacial score (nSPS) is 10.9. The number of carbonyl (C=O) groups is 1. The highest BCUT2D eigenvalue weighted by Gasteiger charge is 2.18. The van der Waals surface area contributed by atoms with Crippen LogP contribution in [-0.2, 0) is 11.3 Å². The van der Waals surface area contributed by atoms with Gasteiger partial charge >= 0.3 is 5.97 Å². The number of imidazole rings is 1. The van der Waals surface area contributed by atoms with E-state index in [1.165, 1.54) is 10.6 Å². The molecule has 0 saturated carbocycles. The number of aromatic nitrogens is 2. The van der Waals surface area contributed by atoms with E-state index in [1.54, 1.807) is 0 Å². The van der Waals surface area contributed by atoms with Gasteiger partial charge in [0, 0.05) is 4.48 Å². The molecule has 1 heterocycles. The van der Waals surface area contributed by atoms with Gasteiger partial charge in [-0.15, -0.1) is 0 Å². The molecule has 8 heteroatoms. The maximum Gasteiger partial charge on any atom is 0.313 e. The summed E-state index contributed by atoms with van der Waals surface area (Å²) in [5.41, 5.74) is 0.268. The molecule has 1 aromatic heterocycles. The zero-order valence-electron chi connectivity index (χ0n) is 10.1. The molecule has 0 saturated heterocycles. The van der Waals surface area contributed by atoms with Crippen LogP contribution in [0.1, 0.15) is 0 Å². The van der Waals surface area contributed by atoms with E-state index in [-0.39, 0.29) is 23.3 Å². The number of carboxylic acid groups (broad SMARTS) is 1. The summed E-state index contributed by atoms with van der Waals surface area (Å²) in [5, 5.41) is 9.00. The van der Waals surface area contributed by atoms with Crippen molar-refractivity contribution in [3.05, 3.63) is 34.8 Å². The third kappa shape index (κ3) is 3.01. The molecule has 1 aromatic carbocycles. The average Bonchev–Trinajstić information content (AvgIpc) is 2.69. The molecule has 0 aliphatic heterocycles. The fraction of sp³-hybridized carbons (Fsp3) is 0.167. The molecule has 0 fully saturated rings. The number of rotatable bonds is 5. The van der Waals surface area contributed by atoms with Crippen LogP contribution in [0.15, 0.2) is 28.4 Å². The van der Waals surface area contributed by atoms with E-state index >= 15 is 0 Å². The number of carboxylic acids is 1. The van der Waals surface area contributed by atoms with Crippen molar-refractivity contribution < 1.29 is 18.7 Å². The number of thioether (sulfide) groups is 1. The smallest absolute Gasteiger partial charge is 0.313 e. The third-order valence-electron chi connectivity index (χ3n) is 2.42. The van der Waals surface area contributed by atoms with Gasteiger partial charge in [0.2, 0.25) is 0 Å². The molecule has 0 spiro atoms. The van der Waals surface area contributed by atoms with Crippen molar-refractivity contribution >= 4 is 44.7 Å². The van der Waals surface area contributed by atoms with Crippen molar-refractivity contribution in [1.82, 2.24) is 9.55 Å². The summed E-state index contributed by atoms with van der Waals surface area (Å²) in [5.74, 6) is -3.22. The van der Waals surface area contributed by atoms with Crippen molar-refractivity contribution in [2.45, 2.75) is 11.7 Å². The zero-order valence-corrected chi connectivity index (χ0v) is 12.5. The monoisotopic (exact) mass is 362 g/mol. The molecule has 4 nitrogen and oxygen atoms in total. The van der Waals surface area contributed by atoms with Crippen LogP contribution < -0.4 is 0 Å². The van der Waals surface area contributed by atoms with Crippen LogP contribution >= 0.6 is 27.7 Å². The summed E-state index contributed by atoms with van der Waals surface area (Å²) in [6.45, 7) is 3.82. The summed E-state index contributed by atoms with van der Waals surface area (Å²) in [7, 11) is 0. The maximum absolute atomic E-state index is 13.9. The van der Waals surface area contributed by atoms with Crippen molar-refractivity contribution in [1.29, 1.82) is 0 Å². The highest BCUT2D eigenvalue weighted by Crippen LogP contribution is 2.28. The number of hydrogen-bond donors (Lipinski definition) is 1. The predicted molar refractivity (Wildman–Crippen MR) is 76.1 cm³/mol. The van der Waals surface area contributed by atoms with E-state index in [9.17, 15) is 13.6 Å². The van der Waals surface area contributed by atoms with E-state index in [0.29, 0.717) is 9.64 Å².